The molecule has 0 unspecified atom stereocenters. The number of carbonyl (C=O) groups excluding carboxylic acids is 3. The quantitative estimate of drug-likeness (QED) is 0.683. The zero-order chi connectivity index (χ0) is 21.8. The van der Waals surface area contributed by atoms with Crippen LogP contribution in [0.4, 0.5) is 4.79 Å². The fourth-order valence-corrected chi connectivity index (χ4v) is 5.23. The smallest absolute Gasteiger partial charge is 0.322 e. The number of carbonyl (C=O) groups is 3. The lowest BCUT2D eigenvalue weighted by Gasteiger charge is -2.38. The Morgan fingerprint density at radius 3 is 2.35 bits per heavy atom. The molecule has 2 N–H and O–H groups in total. The van der Waals surface area contributed by atoms with Gasteiger partial charge in [0.05, 0.1) is 6.61 Å². The summed E-state index contributed by atoms with van der Waals surface area (Å²) in [7, 11) is 0. The lowest BCUT2D eigenvalue weighted by Crippen LogP contribution is -2.51. The van der Waals surface area contributed by atoms with Crippen LogP contribution in [0.3, 0.4) is 0 Å². The van der Waals surface area contributed by atoms with Crippen LogP contribution < -0.4 is 15.4 Å². The van der Waals surface area contributed by atoms with Crippen LogP contribution in [0.25, 0.3) is 0 Å². The van der Waals surface area contributed by atoms with E-state index in [-0.39, 0.29) is 17.7 Å². The van der Waals surface area contributed by atoms with Gasteiger partial charge in [0, 0.05) is 19.0 Å². The van der Waals surface area contributed by atoms with E-state index in [0.717, 1.165) is 44.5 Å². The Morgan fingerprint density at radius 2 is 1.77 bits per heavy atom. The number of rotatable bonds is 6. The van der Waals surface area contributed by atoms with Gasteiger partial charge >= 0.3 is 6.03 Å². The van der Waals surface area contributed by atoms with Gasteiger partial charge in [0.25, 0.3) is 5.91 Å². The molecule has 0 radical (unpaired) electrons. The topological polar surface area (TPSA) is 87.7 Å². The van der Waals surface area contributed by atoms with Gasteiger partial charge in [-0.15, -0.1) is 0 Å². The van der Waals surface area contributed by atoms with Crippen LogP contribution >= 0.6 is 0 Å². The largest absolute Gasteiger partial charge is 0.494 e. The molecule has 168 valence electrons. The maximum Gasteiger partial charge on any atom is 0.322 e. The van der Waals surface area contributed by atoms with Crippen LogP contribution in [0.1, 0.15) is 57.4 Å². The Kier molecular flexibility index (Phi) is 6.49. The highest BCUT2D eigenvalue weighted by Crippen LogP contribution is 2.36. The van der Waals surface area contributed by atoms with Gasteiger partial charge in [-0.1, -0.05) is 12.1 Å². The van der Waals surface area contributed by atoms with E-state index in [9.17, 15) is 14.4 Å². The molecule has 31 heavy (non-hydrogen) atoms. The monoisotopic (exact) mass is 427 g/mol. The number of amides is 4. The third kappa shape index (κ3) is 4.86. The number of imide groups is 1. The molecule has 0 aromatic heterocycles. The molecule has 4 rings (SSSR count). The second-order valence-electron chi connectivity index (χ2n) is 9.15. The van der Waals surface area contributed by atoms with E-state index in [2.05, 4.69) is 22.8 Å². The van der Waals surface area contributed by atoms with Crippen molar-refractivity contribution in [2.24, 2.45) is 11.8 Å². The maximum absolute atomic E-state index is 13.0. The zero-order valence-corrected chi connectivity index (χ0v) is 18.3. The van der Waals surface area contributed by atoms with Crippen LogP contribution in [0.5, 0.6) is 5.75 Å². The molecule has 0 bridgehead atoms. The normalized spacial score (nSPS) is 26.6. The summed E-state index contributed by atoms with van der Waals surface area (Å²) in [6.07, 6.45) is 6.71. The summed E-state index contributed by atoms with van der Waals surface area (Å²) in [6.45, 7) is 4.32. The van der Waals surface area contributed by atoms with Crippen molar-refractivity contribution in [1.29, 1.82) is 0 Å². The first-order chi connectivity index (χ1) is 15.0. The van der Waals surface area contributed by atoms with E-state index in [1.165, 1.54) is 5.56 Å². The first kappa shape index (κ1) is 21.7. The van der Waals surface area contributed by atoms with Gasteiger partial charge in [-0.05, 0) is 81.9 Å². The fraction of sp³-hybridized carbons (Fsp3) is 0.625. The number of urea groups is 1. The van der Waals surface area contributed by atoms with Crippen molar-refractivity contribution in [1.82, 2.24) is 15.5 Å². The molecule has 0 atom stereocenters. The molecule has 1 saturated carbocycles. The molecule has 7 nitrogen and oxygen atoms in total. The number of hydrogen-bond acceptors (Lipinski definition) is 4. The Balaban J connectivity index is 1.20. The summed E-state index contributed by atoms with van der Waals surface area (Å²) >= 11 is 0. The predicted molar refractivity (Wildman–Crippen MR) is 117 cm³/mol. The number of likely N-dealkylation sites (tertiary alicyclic amines) is 1. The summed E-state index contributed by atoms with van der Waals surface area (Å²) in [6, 6.07) is 7.95. The summed E-state index contributed by atoms with van der Waals surface area (Å²) < 4.78 is 5.50. The number of nitrogens with zero attached hydrogens (tertiary/aromatic N) is 1. The van der Waals surface area contributed by atoms with Crippen LogP contribution in [-0.4, -0.2) is 48.0 Å². The van der Waals surface area contributed by atoms with E-state index in [0.29, 0.717) is 38.2 Å². The molecule has 2 heterocycles. The SMILES string of the molecule is CCOc1ccc(CCC2CCN(C(=O)C3CCC4(CC3)NC(=O)NC4=O)CC2)cc1. The molecule has 1 spiro atoms. The van der Waals surface area contributed by atoms with Gasteiger partial charge in [-0.2, -0.15) is 0 Å². The standard InChI is InChI=1S/C24H33N3O4/c1-2-31-20-7-5-17(6-8-20)3-4-18-11-15-27(16-12-18)21(28)19-9-13-24(14-10-19)22(29)25-23(30)26-24/h5-8,18-19H,2-4,9-16H2,1H3,(H2,25,26,29,30). The second kappa shape index (κ2) is 9.28. The first-order valence-electron chi connectivity index (χ1n) is 11.6. The van der Waals surface area contributed by atoms with E-state index < -0.39 is 11.6 Å². The minimum absolute atomic E-state index is 0.0312. The highest BCUT2D eigenvalue weighted by Gasteiger charge is 2.49. The van der Waals surface area contributed by atoms with Crippen molar-refractivity contribution in [3.63, 3.8) is 0 Å². The lowest BCUT2D eigenvalue weighted by molar-refractivity contribution is -0.139. The maximum atomic E-state index is 13.0. The van der Waals surface area contributed by atoms with Crippen LogP contribution in [0, 0.1) is 11.8 Å². The molecule has 1 aromatic carbocycles. The molecule has 2 aliphatic heterocycles. The summed E-state index contributed by atoms with van der Waals surface area (Å²) in [5.74, 6) is 1.53. The molecule has 3 aliphatic rings. The van der Waals surface area contributed by atoms with Crippen LogP contribution in [0.15, 0.2) is 24.3 Å². The predicted octanol–water partition coefficient (Wildman–Crippen LogP) is 3.02. The van der Waals surface area contributed by atoms with Crippen molar-refractivity contribution >= 4 is 17.8 Å². The highest BCUT2D eigenvalue weighted by atomic mass is 16.5. The number of nitrogens with one attached hydrogen (secondary N) is 2. The molecular weight excluding hydrogens is 394 g/mol. The first-order valence-corrected chi connectivity index (χ1v) is 11.6. The van der Waals surface area contributed by atoms with Gasteiger partial charge in [0.1, 0.15) is 11.3 Å². The van der Waals surface area contributed by atoms with Gasteiger partial charge in [-0.3, -0.25) is 14.9 Å². The lowest BCUT2D eigenvalue weighted by atomic mass is 9.76. The molecule has 2 saturated heterocycles. The van der Waals surface area contributed by atoms with Gasteiger partial charge in [0.2, 0.25) is 5.91 Å². The Bertz CT molecular complexity index is 807. The average molecular weight is 428 g/mol. The van der Waals surface area contributed by atoms with Crippen LogP contribution in [0.2, 0.25) is 0 Å². The van der Waals surface area contributed by atoms with Crippen molar-refractivity contribution < 1.29 is 19.1 Å². The highest BCUT2D eigenvalue weighted by molar-refractivity contribution is 6.07. The van der Waals surface area contributed by atoms with Gasteiger partial charge in [-0.25, -0.2) is 4.79 Å². The summed E-state index contributed by atoms with van der Waals surface area (Å²) in [5.41, 5.74) is 0.544. The van der Waals surface area contributed by atoms with Gasteiger partial charge < -0.3 is 15.0 Å². The van der Waals surface area contributed by atoms with Crippen molar-refractivity contribution in [3.8, 4) is 5.75 Å². The van der Waals surface area contributed by atoms with E-state index in [1.807, 2.05) is 24.0 Å². The third-order valence-corrected chi connectivity index (χ3v) is 7.20. The summed E-state index contributed by atoms with van der Waals surface area (Å²) in [5, 5.41) is 5.10. The molecule has 7 heteroatoms. The minimum atomic E-state index is -0.790. The average Bonchev–Trinajstić information content (AvgIpc) is 3.06. The number of hydrogen-bond donors (Lipinski definition) is 2. The Labute approximate surface area is 183 Å². The Morgan fingerprint density at radius 1 is 1.10 bits per heavy atom. The zero-order valence-electron chi connectivity index (χ0n) is 18.3. The van der Waals surface area contributed by atoms with Crippen molar-refractivity contribution in [3.05, 3.63) is 29.8 Å². The number of benzene rings is 1. The second-order valence-corrected chi connectivity index (χ2v) is 9.15. The Hall–Kier alpha value is -2.57. The van der Waals surface area contributed by atoms with Crippen molar-refractivity contribution in [2.45, 2.75) is 63.8 Å². The van der Waals surface area contributed by atoms with E-state index in [4.69, 9.17) is 4.74 Å². The molecule has 1 aromatic rings. The summed E-state index contributed by atoms with van der Waals surface area (Å²) in [4.78, 5) is 38.6. The van der Waals surface area contributed by atoms with E-state index >= 15 is 0 Å². The van der Waals surface area contributed by atoms with Gasteiger partial charge in [0.15, 0.2) is 0 Å². The molecule has 1 aliphatic carbocycles. The third-order valence-electron chi connectivity index (χ3n) is 7.20. The van der Waals surface area contributed by atoms with Crippen molar-refractivity contribution in [2.75, 3.05) is 19.7 Å². The minimum Gasteiger partial charge on any atom is -0.494 e. The number of ether oxygens (including phenoxy) is 1. The number of aryl methyl sites for hydroxylation is 1. The molecule has 3 fully saturated rings. The van der Waals surface area contributed by atoms with E-state index in [1.54, 1.807) is 0 Å². The molecular formula is C24H33N3O4. The van der Waals surface area contributed by atoms with Crippen LogP contribution in [-0.2, 0) is 16.0 Å². The molecule has 4 amide bonds. The fourth-order valence-electron chi connectivity index (χ4n) is 5.23. The number of piperidine rings is 1.